The van der Waals surface area contributed by atoms with Gasteiger partial charge in [-0.2, -0.15) is 13.2 Å². The fraction of sp³-hybridized carbons (Fsp3) is 0.600. The standard InChI is InChI=1S/C20H27F3N2O2/c1-13-6-3-9-17(14(13)2)25-19(27)11-5-10-18(26)24-16-8-4-7-15(12-16)20(21,22)23/h4,7-8,12-14,17H,3,5-6,9-11H2,1-2H3,(H,24,26)(H,25,27). The monoisotopic (exact) mass is 384 g/mol. The minimum absolute atomic E-state index is 0.0761. The zero-order chi connectivity index (χ0) is 20.0. The number of halogens is 3. The molecular weight excluding hydrogens is 357 g/mol. The van der Waals surface area contributed by atoms with E-state index in [0.29, 0.717) is 18.3 Å². The number of benzene rings is 1. The SMILES string of the molecule is CC1CCCC(NC(=O)CCCC(=O)Nc2cccc(C(F)(F)F)c2)C1C. The van der Waals surface area contributed by atoms with E-state index in [9.17, 15) is 22.8 Å². The minimum Gasteiger partial charge on any atom is -0.353 e. The van der Waals surface area contributed by atoms with Gasteiger partial charge in [-0.1, -0.05) is 32.8 Å². The van der Waals surface area contributed by atoms with Gasteiger partial charge in [-0.05, 0) is 42.9 Å². The number of nitrogens with one attached hydrogen (secondary N) is 2. The van der Waals surface area contributed by atoms with Crippen molar-refractivity contribution in [1.29, 1.82) is 0 Å². The second-order valence-electron chi connectivity index (χ2n) is 7.42. The van der Waals surface area contributed by atoms with E-state index >= 15 is 0 Å². The van der Waals surface area contributed by atoms with Crippen LogP contribution in [0.15, 0.2) is 24.3 Å². The highest BCUT2D eigenvalue weighted by molar-refractivity contribution is 5.91. The molecular formula is C20H27F3N2O2. The molecule has 0 aliphatic heterocycles. The summed E-state index contributed by atoms with van der Waals surface area (Å²) >= 11 is 0. The van der Waals surface area contributed by atoms with Gasteiger partial charge in [0.2, 0.25) is 11.8 Å². The molecule has 7 heteroatoms. The molecule has 3 unspecified atom stereocenters. The summed E-state index contributed by atoms with van der Waals surface area (Å²) in [6.07, 6.45) is -0.514. The van der Waals surface area contributed by atoms with Crippen molar-refractivity contribution in [3.8, 4) is 0 Å². The lowest BCUT2D eigenvalue weighted by Gasteiger charge is -2.34. The third-order valence-corrected chi connectivity index (χ3v) is 5.33. The second kappa shape index (κ2) is 9.24. The van der Waals surface area contributed by atoms with E-state index in [1.807, 2.05) is 0 Å². The number of carbonyl (C=O) groups excluding carboxylic acids is 2. The summed E-state index contributed by atoms with van der Waals surface area (Å²) in [5.41, 5.74) is -0.709. The van der Waals surface area contributed by atoms with Crippen LogP contribution in [0.2, 0.25) is 0 Å². The first-order valence-corrected chi connectivity index (χ1v) is 9.43. The maximum absolute atomic E-state index is 12.7. The number of anilines is 1. The third kappa shape index (κ3) is 6.56. The van der Waals surface area contributed by atoms with E-state index in [2.05, 4.69) is 24.5 Å². The Hall–Kier alpha value is -2.05. The molecule has 0 saturated heterocycles. The fourth-order valence-electron chi connectivity index (χ4n) is 3.47. The van der Waals surface area contributed by atoms with Gasteiger partial charge in [0.25, 0.3) is 0 Å². The Morgan fingerprint density at radius 3 is 2.52 bits per heavy atom. The van der Waals surface area contributed by atoms with Crippen LogP contribution in [-0.4, -0.2) is 17.9 Å². The first-order valence-electron chi connectivity index (χ1n) is 9.43. The molecule has 1 fully saturated rings. The molecule has 1 saturated carbocycles. The van der Waals surface area contributed by atoms with Crippen LogP contribution >= 0.6 is 0 Å². The second-order valence-corrected chi connectivity index (χ2v) is 7.42. The summed E-state index contributed by atoms with van der Waals surface area (Å²) in [4.78, 5) is 24.0. The zero-order valence-electron chi connectivity index (χ0n) is 15.7. The highest BCUT2D eigenvalue weighted by atomic mass is 19.4. The van der Waals surface area contributed by atoms with Crippen molar-refractivity contribution in [2.45, 2.75) is 64.6 Å². The van der Waals surface area contributed by atoms with Crippen LogP contribution in [-0.2, 0) is 15.8 Å². The molecule has 2 N–H and O–H groups in total. The number of hydrogen-bond donors (Lipinski definition) is 2. The molecule has 1 aliphatic carbocycles. The Morgan fingerprint density at radius 2 is 1.81 bits per heavy atom. The molecule has 0 spiro atoms. The first kappa shape index (κ1) is 21.3. The molecule has 0 bridgehead atoms. The van der Waals surface area contributed by atoms with Gasteiger partial charge in [0.05, 0.1) is 5.56 Å². The summed E-state index contributed by atoms with van der Waals surface area (Å²) in [5, 5.41) is 5.50. The summed E-state index contributed by atoms with van der Waals surface area (Å²) < 4.78 is 38.1. The normalized spacial score (nSPS) is 22.9. The zero-order valence-corrected chi connectivity index (χ0v) is 15.7. The molecule has 4 nitrogen and oxygen atoms in total. The van der Waals surface area contributed by atoms with E-state index in [4.69, 9.17) is 0 Å². The Kier molecular flexibility index (Phi) is 7.27. The van der Waals surface area contributed by atoms with E-state index < -0.39 is 17.6 Å². The summed E-state index contributed by atoms with van der Waals surface area (Å²) in [6.45, 7) is 4.35. The number of alkyl halides is 3. The van der Waals surface area contributed by atoms with Gasteiger partial charge in [-0.15, -0.1) is 0 Å². The summed E-state index contributed by atoms with van der Waals surface area (Å²) in [7, 11) is 0. The van der Waals surface area contributed by atoms with Crippen LogP contribution < -0.4 is 10.6 Å². The van der Waals surface area contributed by atoms with Gasteiger partial charge in [-0.25, -0.2) is 0 Å². The molecule has 150 valence electrons. The van der Waals surface area contributed by atoms with E-state index in [1.54, 1.807) is 0 Å². The quantitative estimate of drug-likeness (QED) is 0.743. The molecule has 2 amide bonds. The van der Waals surface area contributed by atoms with Crippen molar-refractivity contribution in [2.75, 3.05) is 5.32 Å². The van der Waals surface area contributed by atoms with Crippen LogP contribution in [0.4, 0.5) is 18.9 Å². The molecule has 0 heterocycles. The lowest BCUT2D eigenvalue weighted by atomic mass is 9.78. The number of rotatable bonds is 6. The van der Waals surface area contributed by atoms with E-state index in [1.165, 1.54) is 18.6 Å². The molecule has 3 atom stereocenters. The van der Waals surface area contributed by atoms with Crippen molar-refractivity contribution in [3.63, 3.8) is 0 Å². The molecule has 27 heavy (non-hydrogen) atoms. The number of amides is 2. The van der Waals surface area contributed by atoms with Crippen molar-refractivity contribution >= 4 is 17.5 Å². The Balaban J connectivity index is 1.74. The fourth-order valence-corrected chi connectivity index (χ4v) is 3.47. The summed E-state index contributed by atoms with van der Waals surface area (Å²) in [6, 6.07) is 4.69. The van der Waals surface area contributed by atoms with Gasteiger partial charge in [0.15, 0.2) is 0 Å². The van der Waals surface area contributed by atoms with Gasteiger partial charge in [0.1, 0.15) is 0 Å². The minimum atomic E-state index is -4.45. The van der Waals surface area contributed by atoms with Crippen molar-refractivity contribution in [1.82, 2.24) is 5.32 Å². The van der Waals surface area contributed by atoms with Crippen LogP contribution in [0.1, 0.15) is 57.9 Å². The van der Waals surface area contributed by atoms with Crippen molar-refractivity contribution < 1.29 is 22.8 Å². The highest BCUT2D eigenvalue weighted by Crippen LogP contribution is 2.31. The highest BCUT2D eigenvalue weighted by Gasteiger charge is 2.30. The molecule has 1 aromatic carbocycles. The maximum atomic E-state index is 12.7. The molecule has 1 aliphatic rings. The summed E-state index contributed by atoms with van der Waals surface area (Å²) in [5.74, 6) is 0.545. The predicted octanol–water partition coefficient (Wildman–Crippen LogP) is 4.76. The molecule has 0 radical (unpaired) electrons. The van der Waals surface area contributed by atoms with Gasteiger partial charge in [-0.3, -0.25) is 9.59 Å². The van der Waals surface area contributed by atoms with Crippen LogP contribution in [0, 0.1) is 11.8 Å². The average Bonchev–Trinajstić information content (AvgIpc) is 2.58. The first-order chi connectivity index (χ1) is 12.7. The van der Waals surface area contributed by atoms with Gasteiger partial charge >= 0.3 is 6.18 Å². The maximum Gasteiger partial charge on any atom is 0.416 e. The van der Waals surface area contributed by atoms with Crippen molar-refractivity contribution in [2.24, 2.45) is 11.8 Å². The lowest BCUT2D eigenvalue weighted by molar-refractivity contribution is -0.137. The smallest absolute Gasteiger partial charge is 0.353 e. The Morgan fingerprint density at radius 1 is 1.11 bits per heavy atom. The lowest BCUT2D eigenvalue weighted by Crippen LogP contribution is -2.43. The average molecular weight is 384 g/mol. The predicted molar refractivity (Wildman–Crippen MR) is 98.0 cm³/mol. The Bertz CT molecular complexity index is 661. The topological polar surface area (TPSA) is 58.2 Å². The number of hydrogen-bond acceptors (Lipinski definition) is 2. The van der Waals surface area contributed by atoms with Crippen molar-refractivity contribution in [3.05, 3.63) is 29.8 Å². The van der Waals surface area contributed by atoms with E-state index in [0.717, 1.165) is 25.0 Å². The Labute approximate surface area is 157 Å². The molecule has 1 aromatic rings. The van der Waals surface area contributed by atoms with Gasteiger partial charge < -0.3 is 10.6 Å². The third-order valence-electron chi connectivity index (χ3n) is 5.33. The molecule has 2 rings (SSSR count). The van der Waals surface area contributed by atoms with Crippen LogP contribution in [0.5, 0.6) is 0 Å². The molecule has 0 aromatic heterocycles. The van der Waals surface area contributed by atoms with Gasteiger partial charge in [0, 0.05) is 24.6 Å². The van der Waals surface area contributed by atoms with E-state index in [-0.39, 0.29) is 30.5 Å². The number of carbonyl (C=O) groups is 2. The van der Waals surface area contributed by atoms with Crippen LogP contribution in [0.3, 0.4) is 0 Å². The largest absolute Gasteiger partial charge is 0.416 e. The van der Waals surface area contributed by atoms with Crippen LogP contribution in [0.25, 0.3) is 0 Å².